The van der Waals surface area contributed by atoms with E-state index in [1.54, 1.807) is 0 Å². The van der Waals surface area contributed by atoms with E-state index in [-0.39, 0.29) is 0 Å². The van der Waals surface area contributed by atoms with Crippen LogP contribution in [0.15, 0.2) is 30.3 Å². The molecule has 0 aliphatic rings. The van der Waals surface area contributed by atoms with Crippen molar-refractivity contribution >= 4 is 15.9 Å². The van der Waals surface area contributed by atoms with Gasteiger partial charge in [-0.1, -0.05) is 34.1 Å². The fourth-order valence-electron chi connectivity index (χ4n) is 3.31. The lowest BCUT2D eigenvalue weighted by atomic mass is 10.3. The zero-order valence-electron chi connectivity index (χ0n) is 27.5. The van der Waals surface area contributed by atoms with Gasteiger partial charge in [0.05, 0.1) is 159 Å². The highest BCUT2D eigenvalue weighted by molar-refractivity contribution is 9.09. The van der Waals surface area contributed by atoms with Crippen LogP contribution in [-0.4, -0.2) is 171 Å². The zero-order chi connectivity index (χ0) is 32.7. The molecule has 13 nitrogen and oxygen atoms in total. The summed E-state index contributed by atoms with van der Waals surface area (Å²) in [5.41, 5.74) is 0. The third kappa shape index (κ3) is 34.4. The Morgan fingerprint density at radius 1 is 0.283 bits per heavy atom. The van der Waals surface area contributed by atoms with Gasteiger partial charge in [-0.15, -0.1) is 0 Å². The lowest BCUT2D eigenvalue weighted by Gasteiger charge is -2.09. The maximum absolute atomic E-state index is 5.55. The van der Waals surface area contributed by atoms with Gasteiger partial charge in [-0.05, 0) is 12.1 Å². The van der Waals surface area contributed by atoms with Crippen LogP contribution in [0.5, 0.6) is 5.75 Å². The molecule has 0 fully saturated rings. The Bertz CT molecular complexity index is 693. The number of rotatable bonds is 39. The normalized spacial score (nSPS) is 11.4. The zero-order valence-corrected chi connectivity index (χ0v) is 29.0. The van der Waals surface area contributed by atoms with Crippen molar-refractivity contribution in [1.29, 1.82) is 0 Å². The summed E-state index contributed by atoms with van der Waals surface area (Å²) >= 11 is 3.30. The summed E-state index contributed by atoms with van der Waals surface area (Å²) in [6.45, 7) is 13.3. The van der Waals surface area contributed by atoms with Gasteiger partial charge < -0.3 is 61.6 Å². The number of hydrogen-bond donors (Lipinski definition) is 0. The van der Waals surface area contributed by atoms with E-state index in [1.807, 2.05) is 30.3 Å². The molecular formula is C32H57BrO13. The molecule has 0 aliphatic carbocycles. The molecule has 1 aromatic carbocycles. The molecule has 270 valence electrons. The van der Waals surface area contributed by atoms with Crippen molar-refractivity contribution in [2.24, 2.45) is 0 Å². The Balaban J connectivity index is 1.61. The van der Waals surface area contributed by atoms with Crippen LogP contribution in [0, 0.1) is 0 Å². The van der Waals surface area contributed by atoms with Crippen molar-refractivity contribution < 1.29 is 61.6 Å². The molecule has 0 saturated carbocycles. The predicted molar refractivity (Wildman–Crippen MR) is 176 cm³/mol. The van der Waals surface area contributed by atoms with Crippen LogP contribution < -0.4 is 4.74 Å². The van der Waals surface area contributed by atoms with Crippen LogP contribution in [0.3, 0.4) is 0 Å². The third-order valence-corrected chi connectivity index (χ3v) is 5.88. The van der Waals surface area contributed by atoms with E-state index in [4.69, 9.17) is 61.6 Å². The standard InChI is InChI=1S/C32H57BrO13/c33-6-7-34-8-9-35-10-11-36-12-13-37-14-15-38-16-17-39-18-19-40-20-21-41-22-23-42-24-25-43-26-27-44-28-29-45-30-31-46-32-4-2-1-3-5-32/h1-5H,6-31H2. The van der Waals surface area contributed by atoms with Gasteiger partial charge in [0.2, 0.25) is 0 Å². The van der Waals surface area contributed by atoms with Gasteiger partial charge in [-0.25, -0.2) is 0 Å². The fourth-order valence-corrected chi connectivity index (χ4v) is 3.54. The number of benzene rings is 1. The van der Waals surface area contributed by atoms with Crippen molar-refractivity contribution in [2.75, 3.05) is 171 Å². The summed E-state index contributed by atoms with van der Waals surface area (Å²) < 4.78 is 70.9. The number of para-hydroxylation sites is 1. The molecule has 1 aromatic rings. The number of ether oxygens (including phenoxy) is 13. The van der Waals surface area contributed by atoms with E-state index < -0.39 is 0 Å². The number of alkyl halides is 1. The maximum atomic E-state index is 5.55. The average molecular weight is 730 g/mol. The van der Waals surface area contributed by atoms with Gasteiger partial charge in [0.25, 0.3) is 0 Å². The number of hydrogen-bond acceptors (Lipinski definition) is 13. The first-order chi connectivity index (χ1) is 22.9. The van der Waals surface area contributed by atoms with Crippen molar-refractivity contribution in [1.82, 2.24) is 0 Å². The summed E-state index contributed by atoms with van der Waals surface area (Å²) in [4.78, 5) is 0. The SMILES string of the molecule is BrCCOCCOCCOCCOCCOCCOCCOCCOCCOCCOCCOCCOCCOc1ccccc1. The molecule has 0 aliphatic heterocycles. The van der Waals surface area contributed by atoms with Crippen molar-refractivity contribution in [3.8, 4) is 5.75 Å². The largest absolute Gasteiger partial charge is 0.491 e. The van der Waals surface area contributed by atoms with Crippen LogP contribution >= 0.6 is 15.9 Å². The fraction of sp³-hybridized carbons (Fsp3) is 0.812. The van der Waals surface area contributed by atoms with Crippen LogP contribution in [0.4, 0.5) is 0 Å². The molecule has 0 unspecified atom stereocenters. The molecular weight excluding hydrogens is 672 g/mol. The van der Waals surface area contributed by atoms with Gasteiger partial charge in [0, 0.05) is 5.33 Å². The van der Waals surface area contributed by atoms with E-state index in [9.17, 15) is 0 Å². The smallest absolute Gasteiger partial charge is 0.119 e. The van der Waals surface area contributed by atoms with E-state index in [0.29, 0.717) is 165 Å². The molecule has 0 spiro atoms. The minimum Gasteiger partial charge on any atom is -0.491 e. The van der Waals surface area contributed by atoms with Crippen LogP contribution in [-0.2, 0) is 56.8 Å². The van der Waals surface area contributed by atoms with Crippen molar-refractivity contribution in [3.63, 3.8) is 0 Å². The molecule has 0 bridgehead atoms. The summed E-state index contributed by atoms with van der Waals surface area (Å²) in [5, 5.41) is 0.837. The van der Waals surface area contributed by atoms with Gasteiger partial charge >= 0.3 is 0 Å². The lowest BCUT2D eigenvalue weighted by molar-refractivity contribution is -0.0284. The van der Waals surface area contributed by atoms with E-state index in [0.717, 1.165) is 11.1 Å². The summed E-state index contributed by atoms with van der Waals surface area (Å²) in [5.74, 6) is 0.844. The second-order valence-electron chi connectivity index (χ2n) is 9.20. The molecule has 0 N–H and O–H groups in total. The Hall–Kier alpha value is -0.980. The number of halogens is 1. The van der Waals surface area contributed by atoms with Gasteiger partial charge in [0.15, 0.2) is 0 Å². The van der Waals surface area contributed by atoms with Crippen molar-refractivity contribution in [2.45, 2.75) is 0 Å². The summed E-state index contributed by atoms with van der Waals surface area (Å²) in [7, 11) is 0. The first-order valence-corrected chi connectivity index (χ1v) is 17.2. The maximum Gasteiger partial charge on any atom is 0.119 e. The molecule has 0 saturated heterocycles. The minimum atomic E-state index is 0.510. The highest BCUT2D eigenvalue weighted by atomic mass is 79.9. The van der Waals surface area contributed by atoms with E-state index in [1.165, 1.54) is 0 Å². The predicted octanol–water partition coefficient (Wildman–Crippen LogP) is 2.66. The summed E-state index contributed by atoms with van der Waals surface area (Å²) in [6.07, 6.45) is 0. The Labute approximate surface area is 283 Å². The molecule has 1 rings (SSSR count). The topological polar surface area (TPSA) is 120 Å². The van der Waals surface area contributed by atoms with Gasteiger partial charge in [-0.2, -0.15) is 0 Å². The molecule has 0 aromatic heterocycles. The van der Waals surface area contributed by atoms with Crippen LogP contribution in [0.2, 0.25) is 0 Å². The first-order valence-electron chi connectivity index (χ1n) is 16.1. The molecule has 0 amide bonds. The Morgan fingerprint density at radius 2 is 0.500 bits per heavy atom. The monoisotopic (exact) mass is 728 g/mol. The molecule has 0 heterocycles. The first kappa shape index (κ1) is 43.0. The minimum absolute atomic E-state index is 0.510. The Kier molecular flexibility index (Phi) is 36.0. The average Bonchev–Trinajstić information content (AvgIpc) is 3.08. The third-order valence-electron chi connectivity index (χ3n) is 5.55. The van der Waals surface area contributed by atoms with Crippen LogP contribution in [0.1, 0.15) is 0 Å². The second-order valence-corrected chi connectivity index (χ2v) is 9.99. The summed E-state index contributed by atoms with van der Waals surface area (Å²) in [6, 6.07) is 9.67. The quantitative estimate of drug-likeness (QED) is 0.0731. The van der Waals surface area contributed by atoms with E-state index >= 15 is 0 Å². The van der Waals surface area contributed by atoms with Crippen molar-refractivity contribution in [3.05, 3.63) is 30.3 Å². The van der Waals surface area contributed by atoms with Crippen LogP contribution in [0.25, 0.3) is 0 Å². The molecule has 0 atom stereocenters. The van der Waals surface area contributed by atoms with Gasteiger partial charge in [-0.3, -0.25) is 0 Å². The second kappa shape index (κ2) is 38.5. The van der Waals surface area contributed by atoms with E-state index in [2.05, 4.69) is 15.9 Å². The lowest BCUT2D eigenvalue weighted by Crippen LogP contribution is -2.15. The molecule has 46 heavy (non-hydrogen) atoms. The molecule has 0 radical (unpaired) electrons. The molecule has 14 heteroatoms. The van der Waals surface area contributed by atoms with Gasteiger partial charge in [0.1, 0.15) is 12.4 Å². The highest BCUT2D eigenvalue weighted by Crippen LogP contribution is 2.07. The Morgan fingerprint density at radius 3 is 0.739 bits per heavy atom. The highest BCUT2D eigenvalue weighted by Gasteiger charge is 1.97.